The first kappa shape index (κ1) is 14.4. The van der Waals surface area contributed by atoms with Crippen molar-refractivity contribution in [3.63, 3.8) is 0 Å². The lowest BCUT2D eigenvalue weighted by atomic mass is 10.1. The highest BCUT2D eigenvalue weighted by molar-refractivity contribution is 5.95. The molecule has 0 aliphatic carbocycles. The van der Waals surface area contributed by atoms with E-state index in [1.807, 2.05) is 24.8 Å². The predicted molar refractivity (Wildman–Crippen MR) is 75.9 cm³/mol. The first-order valence-electron chi connectivity index (χ1n) is 6.76. The van der Waals surface area contributed by atoms with Crippen LogP contribution in [-0.2, 0) is 0 Å². The molecule has 0 radical (unpaired) electrons. The van der Waals surface area contributed by atoms with Crippen molar-refractivity contribution in [1.29, 1.82) is 0 Å². The fourth-order valence-electron chi connectivity index (χ4n) is 3.14. The van der Waals surface area contributed by atoms with Gasteiger partial charge in [-0.2, -0.15) is 0 Å². The molecule has 2 unspecified atom stereocenters. The average Bonchev–Trinajstić information content (AvgIpc) is 2.81. The van der Waals surface area contributed by atoms with Gasteiger partial charge in [0.15, 0.2) is 0 Å². The van der Waals surface area contributed by atoms with E-state index in [-0.39, 0.29) is 18.3 Å². The largest absolute Gasteiger partial charge is 0.466 e. The van der Waals surface area contributed by atoms with Gasteiger partial charge in [-0.1, -0.05) is 0 Å². The van der Waals surface area contributed by atoms with Gasteiger partial charge in [0, 0.05) is 25.2 Å². The van der Waals surface area contributed by atoms with Gasteiger partial charge < -0.3 is 14.6 Å². The molecule has 2 bridgehead atoms. The van der Waals surface area contributed by atoms with Crippen LogP contribution in [0.15, 0.2) is 10.5 Å². The fraction of sp³-hybridized carbons (Fsp3) is 0.643. The van der Waals surface area contributed by atoms with Crippen LogP contribution < -0.4 is 5.32 Å². The van der Waals surface area contributed by atoms with E-state index in [9.17, 15) is 4.79 Å². The maximum atomic E-state index is 12.5. The number of hydrogen-bond acceptors (Lipinski definition) is 3. The fourth-order valence-corrected chi connectivity index (χ4v) is 3.14. The molecule has 3 rings (SSSR count). The quantitative estimate of drug-likeness (QED) is 0.861. The molecule has 1 aromatic rings. The third-order valence-electron chi connectivity index (χ3n) is 4.08. The van der Waals surface area contributed by atoms with Gasteiger partial charge in [-0.15, -0.1) is 12.4 Å². The lowest BCUT2D eigenvalue weighted by molar-refractivity contribution is 0.0746. The Kier molecular flexibility index (Phi) is 4.21. The molecule has 1 aromatic heterocycles. The van der Waals surface area contributed by atoms with Crippen molar-refractivity contribution in [1.82, 2.24) is 10.2 Å². The van der Waals surface area contributed by atoms with Crippen LogP contribution in [0.3, 0.4) is 0 Å². The van der Waals surface area contributed by atoms with Gasteiger partial charge in [-0.05, 0) is 39.2 Å². The number of furan rings is 1. The van der Waals surface area contributed by atoms with Crippen molar-refractivity contribution in [3.8, 4) is 0 Å². The highest BCUT2D eigenvalue weighted by atomic mass is 35.5. The van der Waals surface area contributed by atoms with Gasteiger partial charge in [-0.3, -0.25) is 4.79 Å². The predicted octanol–water partition coefficient (Wildman–Crippen LogP) is 2.28. The van der Waals surface area contributed by atoms with Gasteiger partial charge in [-0.25, -0.2) is 0 Å². The molecule has 2 aliphatic heterocycles. The molecule has 3 heterocycles. The number of aryl methyl sites for hydroxylation is 2. The number of nitrogens with zero attached hydrogens (tertiary/aromatic N) is 1. The van der Waals surface area contributed by atoms with Crippen molar-refractivity contribution >= 4 is 18.3 Å². The first-order chi connectivity index (χ1) is 8.63. The summed E-state index contributed by atoms with van der Waals surface area (Å²) in [6.45, 7) is 5.44. The SMILES string of the molecule is Cc1cc(C(=O)N2CCC3CCC(C2)N3)c(C)o1.Cl. The zero-order valence-corrected chi connectivity index (χ0v) is 12.3. The molecule has 4 nitrogen and oxygen atoms in total. The minimum absolute atomic E-state index is 0. The molecule has 2 atom stereocenters. The number of likely N-dealkylation sites (tertiary alicyclic amines) is 1. The van der Waals surface area contributed by atoms with E-state index in [2.05, 4.69) is 5.32 Å². The average molecular weight is 285 g/mol. The molecular weight excluding hydrogens is 264 g/mol. The Morgan fingerprint density at radius 1 is 1.32 bits per heavy atom. The Morgan fingerprint density at radius 3 is 2.74 bits per heavy atom. The van der Waals surface area contributed by atoms with Gasteiger partial charge >= 0.3 is 0 Å². The van der Waals surface area contributed by atoms with Crippen LogP contribution in [0.25, 0.3) is 0 Å². The number of fused-ring (bicyclic) bond motifs is 2. The lowest BCUT2D eigenvalue weighted by Gasteiger charge is -2.24. The van der Waals surface area contributed by atoms with Crippen LogP contribution in [0.4, 0.5) is 0 Å². The van der Waals surface area contributed by atoms with E-state index >= 15 is 0 Å². The topological polar surface area (TPSA) is 45.5 Å². The van der Waals surface area contributed by atoms with Crippen molar-refractivity contribution in [2.24, 2.45) is 0 Å². The van der Waals surface area contributed by atoms with Crippen molar-refractivity contribution in [2.45, 2.75) is 45.2 Å². The second-order valence-corrected chi connectivity index (χ2v) is 5.50. The molecule has 1 N–H and O–H groups in total. The smallest absolute Gasteiger partial charge is 0.257 e. The molecule has 1 amide bonds. The summed E-state index contributed by atoms with van der Waals surface area (Å²) in [6, 6.07) is 2.95. The number of hydrogen-bond donors (Lipinski definition) is 1. The van der Waals surface area contributed by atoms with Crippen LogP contribution in [0.5, 0.6) is 0 Å². The molecule has 5 heteroatoms. The van der Waals surface area contributed by atoms with Crippen molar-refractivity contribution < 1.29 is 9.21 Å². The first-order valence-corrected chi connectivity index (χ1v) is 6.76. The third-order valence-corrected chi connectivity index (χ3v) is 4.08. The normalized spacial score (nSPS) is 25.9. The van der Waals surface area contributed by atoms with E-state index < -0.39 is 0 Å². The number of rotatable bonds is 1. The summed E-state index contributed by atoms with van der Waals surface area (Å²) >= 11 is 0. The van der Waals surface area contributed by atoms with Gasteiger partial charge in [0.1, 0.15) is 11.5 Å². The van der Waals surface area contributed by atoms with Gasteiger partial charge in [0.2, 0.25) is 0 Å². The summed E-state index contributed by atoms with van der Waals surface area (Å²) in [7, 11) is 0. The maximum Gasteiger partial charge on any atom is 0.257 e. The molecule has 2 fully saturated rings. The molecule has 0 saturated carbocycles. The Bertz CT molecular complexity index is 472. The van der Waals surface area contributed by atoms with Crippen LogP contribution in [0, 0.1) is 13.8 Å². The van der Waals surface area contributed by atoms with Crippen LogP contribution in [0.2, 0.25) is 0 Å². The summed E-state index contributed by atoms with van der Waals surface area (Å²) in [4.78, 5) is 14.5. The monoisotopic (exact) mass is 284 g/mol. The van der Waals surface area contributed by atoms with Crippen molar-refractivity contribution in [2.75, 3.05) is 13.1 Å². The molecule has 0 spiro atoms. The summed E-state index contributed by atoms with van der Waals surface area (Å²) in [5, 5.41) is 3.59. The van der Waals surface area contributed by atoms with E-state index in [1.54, 1.807) is 0 Å². The minimum atomic E-state index is 0. The summed E-state index contributed by atoms with van der Waals surface area (Å²) in [5.41, 5.74) is 0.727. The van der Waals surface area contributed by atoms with E-state index in [0.29, 0.717) is 12.1 Å². The Balaban J connectivity index is 0.00000133. The van der Waals surface area contributed by atoms with E-state index in [0.717, 1.165) is 36.6 Å². The minimum Gasteiger partial charge on any atom is -0.466 e. The number of nitrogens with one attached hydrogen (secondary N) is 1. The molecule has 2 saturated heterocycles. The highest BCUT2D eigenvalue weighted by Gasteiger charge is 2.32. The summed E-state index contributed by atoms with van der Waals surface area (Å²) < 4.78 is 5.46. The van der Waals surface area contributed by atoms with Crippen LogP contribution in [-0.4, -0.2) is 36.0 Å². The summed E-state index contributed by atoms with van der Waals surface area (Å²) in [6.07, 6.45) is 3.52. The standard InChI is InChI=1S/C14H20N2O2.ClH/c1-9-7-13(10(2)18-9)14(17)16-6-5-11-3-4-12(8-16)15-11;/h7,11-12,15H,3-6,8H2,1-2H3;1H. The second kappa shape index (κ2) is 5.55. The Hall–Kier alpha value is -1.000. The zero-order valence-electron chi connectivity index (χ0n) is 11.4. The number of carbonyl (C=O) groups is 1. The van der Waals surface area contributed by atoms with Crippen LogP contribution >= 0.6 is 12.4 Å². The number of halogens is 1. The zero-order chi connectivity index (χ0) is 12.7. The Morgan fingerprint density at radius 2 is 2.05 bits per heavy atom. The van der Waals surface area contributed by atoms with Gasteiger partial charge in [0.05, 0.1) is 5.56 Å². The summed E-state index contributed by atoms with van der Waals surface area (Å²) in [5.74, 6) is 1.67. The highest BCUT2D eigenvalue weighted by Crippen LogP contribution is 2.23. The molecule has 106 valence electrons. The van der Waals surface area contributed by atoms with Crippen LogP contribution in [0.1, 0.15) is 41.1 Å². The second-order valence-electron chi connectivity index (χ2n) is 5.50. The number of carbonyl (C=O) groups excluding carboxylic acids is 1. The molecule has 2 aliphatic rings. The van der Waals surface area contributed by atoms with E-state index in [4.69, 9.17) is 4.42 Å². The number of amides is 1. The third kappa shape index (κ3) is 2.79. The Labute approximate surface area is 119 Å². The van der Waals surface area contributed by atoms with Gasteiger partial charge in [0.25, 0.3) is 5.91 Å². The van der Waals surface area contributed by atoms with E-state index in [1.165, 1.54) is 12.8 Å². The molecule has 19 heavy (non-hydrogen) atoms. The lowest BCUT2D eigenvalue weighted by Crippen LogP contribution is -2.39. The van der Waals surface area contributed by atoms with Crippen molar-refractivity contribution in [3.05, 3.63) is 23.2 Å². The molecule has 0 aromatic carbocycles. The molecular formula is C14H21ClN2O2. The maximum absolute atomic E-state index is 12.5.